The predicted molar refractivity (Wildman–Crippen MR) is 43.6 cm³/mol. The summed E-state index contributed by atoms with van der Waals surface area (Å²) in [5, 5.41) is 20.3. The Kier molecular flexibility index (Phi) is 3.01. The average molecular weight is 196 g/mol. The molecule has 1 rings (SSSR count). The Morgan fingerprint density at radius 2 is 2.21 bits per heavy atom. The van der Waals surface area contributed by atoms with Gasteiger partial charge in [-0.05, 0) is 6.07 Å². The normalized spacial score (nSPS) is 9.43. The van der Waals surface area contributed by atoms with E-state index in [4.69, 9.17) is 4.74 Å². The van der Waals surface area contributed by atoms with E-state index >= 15 is 0 Å². The van der Waals surface area contributed by atoms with Crippen molar-refractivity contribution in [3.63, 3.8) is 0 Å². The largest absolute Gasteiger partial charge is 0.546 e. The molecular formula is C8H6NO5-. The Morgan fingerprint density at radius 1 is 1.50 bits per heavy atom. The minimum Gasteiger partial charge on any atom is -0.546 e. The number of benzene rings is 1. The Bertz CT molecular complexity index is 363. The molecule has 0 fully saturated rings. The lowest BCUT2D eigenvalue weighted by Gasteiger charge is -2.05. The molecule has 1 aromatic rings. The first-order valence-corrected chi connectivity index (χ1v) is 3.66. The first-order valence-electron chi connectivity index (χ1n) is 3.66. The van der Waals surface area contributed by atoms with Gasteiger partial charge in [-0.15, -0.1) is 0 Å². The second-order valence-corrected chi connectivity index (χ2v) is 2.42. The van der Waals surface area contributed by atoms with Crippen LogP contribution in [-0.4, -0.2) is 17.5 Å². The highest BCUT2D eigenvalue weighted by atomic mass is 16.6. The summed E-state index contributed by atoms with van der Waals surface area (Å²) in [5.41, 5.74) is -0.152. The van der Waals surface area contributed by atoms with Crippen LogP contribution in [0.4, 0.5) is 5.69 Å². The maximum absolute atomic E-state index is 10.3. The number of rotatable bonds is 4. The van der Waals surface area contributed by atoms with Crippen molar-refractivity contribution in [1.82, 2.24) is 0 Å². The number of non-ortho nitro benzene ring substituents is 1. The Balaban J connectivity index is 2.73. The lowest BCUT2D eigenvalue weighted by atomic mass is 10.3. The van der Waals surface area contributed by atoms with E-state index in [0.29, 0.717) is 0 Å². The van der Waals surface area contributed by atoms with Crippen LogP contribution >= 0.6 is 0 Å². The Hall–Kier alpha value is -2.11. The highest BCUT2D eigenvalue weighted by Gasteiger charge is 2.05. The van der Waals surface area contributed by atoms with Crippen molar-refractivity contribution in [1.29, 1.82) is 0 Å². The minimum absolute atomic E-state index is 0.128. The van der Waals surface area contributed by atoms with Crippen LogP contribution in [0.25, 0.3) is 0 Å². The van der Waals surface area contributed by atoms with Gasteiger partial charge in [0.05, 0.1) is 17.0 Å². The molecule has 0 bridgehead atoms. The molecule has 6 heteroatoms. The van der Waals surface area contributed by atoms with Crippen molar-refractivity contribution in [2.75, 3.05) is 6.61 Å². The number of ether oxygens (including phenoxy) is 1. The molecule has 0 unspecified atom stereocenters. The number of nitrogens with zero attached hydrogens (tertiary/aromatic N) is 1. The molecule has 1 aromatic carbocycles. The predicted octanol–water partition coefficient (Wildman–Crippen LogP) is -0.277. The van der Waals surface area contributed by atoms with E-state index in [1.54, 1.807) is 0 Å². The van der Waals surface area contributed by atoms with Crippen LogP contribution in [0.15, 0.2) is 24.3 Å². The van der Waals surface area contributed by atoms with Crippen molar-refractivity contribution >= 4 is 11.7 Å². The van der Waals surface area contributed by atoms with Crippen LogP contribution < -0.4 is 9.84 Å². The summed E-state index contributed by atoms with van der Waals surface area (Å²) in [7, 11) is 0. The summed E-state index contributed by atoms with van der Waals surface area (Å²) in [6.07, 6.45) is 0. The molecule has 0 atom stereocenters. The van der Waals surface area contributed by atoms with Crippen molar-refractivity contribution in [2.45, 2.75) is 0 Å². The molecule has 0 aromatic heterocycles. The van der Waals surface area contributed by atoms with Crippen LogP contribution in [0.3, 0.4) is 0 Å². The summed E-state index contributed by atoms with van der Waals surface area (Å²) in [6, 6.07) is 5.26. The number of carboxylic acids is 1. The zero-order chi connectivity index (χ0) is 10.6. The van der Waals surface area contributed by atoms with Crippen molar-refractivity contribution in [3.05, 3.63) is 34.4 Å². The fraction of sp³-hybridized carbons (Fsp3) is 0.125. The van der Waals surface area contributed by atoms with E-state index in [1.807, 2.05) is 0 Å². The fourth-order valence-electron chi connectivity index (χ4n) is 0.829. The summed E-state index contributed by atoms with van der Waals surface area (Å²) >= 11 is 0. The first-order chi connectivity index (χ1) is 6.59. The molecule has 74 valence electrons. The van der Waals surface area contributed by atoms with E-state index in [1.165, 1.54) is 18.2 Å². The molecule has 0 saturated carbocycles. The molecule has 0 aliphatic carbocycles. The molecule has 0 N–H and O–H groups in total. The number of carbonyl (C=O) groups is 1. The van der Waals surface area contributed by atoms with Crippen molar-refractivity contribution < 1.29 is 19.6 Å². The van der Waals surface area contributed by atoms with Gasteiger partial charge in [0.25, 0.3) is 5.69 Å². The molecule has 0 heterocycles. The molecule has 0 amide bonds. The molecule has 0 saturated heterocycles. The molecule has 14 heavy (non-hydrogen) atoms. The molecule has 6 nitrogen and oxygen atoms in total. The van der Waals surface area contributed by atoms with Gasteiger partial charge in [0.2, 0.25) is 0 Å². The van der Waals surface area contributed by atoms with Gasteiger partial charge in [0, 0.05) is 6.07 Å². The molecule has 0 radical (unpaired) electrons. The molecule has 0 spiro atoms. The minimum atomic E-state index is -1.38. The molecule has 0 aliphatic rings. The summed E-state index contributed by atoms with van der Waals surface area (Å²) in [4.78, 5) is 19.7. The fourth-order valence-corrected chi connectivity index (χ4v) is 0.829. The van der Waals surface area contributed by atoms with Gasteiger partial charge in [-0.25, -0.2) is 0 Å². The third-order valence-corrected chi connectivity index (χ3v) is 1.39. The maximum Gasteiger partial charge on any atom is 0.273 e. The summed E-state index contributed by atoms with van der Waals surface area (Å²) in [6.45, 7) is -0.624. The number of nitro groups is 1. The lowest BCUT2D eigenvalue weighted by molar-refractivity contribution is -0.385. The van der Waals surface area contributed by atoms with E-state index in [9.17, 15) is 20.0 Å². The van der Waals surface area contributed by atoms with E-state index in [0.717, 1.165) is 6.07 Å². The van der Waals surface area contributed by atoms with Gasteiger partial charge >= 0.3 is 0 Å². The first kappa shape index (κ1) is 9.97. The number of aliphatic carboxylic acids is 1. The van der Waals surface area contributed by atoms with Crippen LogP contribution in [0.5, 0.6) is 5.75 Å². The van der Waals surface area contributed by atoms with Crippen LogP contribution in [-0.2, 0) is 4.79 Å². The van der Waals surface area contributed by atoms with Crippen molar-refractivity contribution in [2.24, 2.45) is 0 Å². The molecule has 0 aliphatic heterocycles. The average Bonchev–Trinajstić information content (AvgIpc) is 2.15. The number of carboxylic acid groups (broad SMARTS) is 1. The van der Waals surface area contributed by atoms with E-state index < -0.39 is 17.5 Å². The number of hydrogen-bond donors (Lipinski definition) is 0. The lowest BCUT2D eigenvalue weighted by Crippen LogP contribution is -2.28. The highest BCUT2D eigenvalue weighted by Crippen LogP contribution is 2.18. The summed E-state index contributed by atoms with van der Waals surface area (Å²) in [5.74, 6) is -1.25. The quantitative estimate of drug-likeness (QED) is 0.487. The third kappa shape index (κ3) is 2.74. The topological polar surface area (TPSA) is 92.5 Å². The zero-order valence-electron chi connectivity index (χ0n) is 7.00. The number of carbonyl (C=O) groups excluding carboxylic acids is 1. The summed E-state index contributed by atoms with van der Waals surface area (Å²) < 4.78 is 4.69. The van der Waals surface area contributed by atoms with Gasteiger partial charge in [0.15, 0.2) is 0 Å². The SMILES string of the molecule is O=C([O-])COc1cccc([N+](=O)[O-])c1. The Morgan fingerprint density at radius 3 is 2.79 bits per heavy atom. The van der Waals surface area contributed by atoms with Crippen LogP contribution in [0.1, 0.15) is 0 Å². The van der Waals surface area contributed by atoms with Gasteiger partial charge in [0.1, 0.15) is 12.4 Å². The van der Waals surface area contributed by atoms with Gasteiger partial charge in [-0.2, -0.15) is 0 Å². The highest BCUT2D eigenvalue weighted by molar-refractivity contribution is 5.66. The van der Waals surface area contributed by atoms with E-state index in [-0.39, 0.29) is 11.4 Å². The third-order valence-electron chi connectivity index (χ3n) is 1.39. The number of hydrogen-bond acceptors (Lipinski definition) is 5. The van der Waals surface area contributed by atoms with Gasteiger partial charge < -0.3 is 14.6 Å². The zero-order valence-corrected chi connectivity index (χ0v) is 7.00. The standard InChI is InChI=1S/C8H7NO5/c10-8(11)5-14-7-3-1-2-6(4-7)9(12)13/h1-4H,5H2,(H,10,11)/p-1. The monoisotopic (exact) mass is 196 g/mol. The van der Waals surface area contributed by atoms with Gasteiger partial charge in [-0.3, -0.25) is 10.1 Å². The van der Waals surface area contributed by atoms with Crippen molar-refractivity contribution in [3.8, 4) is 5.75 Å². The Labute approximate surface area is 78.9 Å². The smallest absolute Gasteiger partial charge is 0.273 e. The van der Waals surface area contributed by atoms with E-state index in [2.05, 4.69) is 0 Å². The second kappa shape index (κ2) is 4.22. The van der Waals surface area contributed by atoms with Gasteiger partial charge in [-0.1, -0.05) is 6.07 Å². The maximum atomic E-state index is 10.3. The van der Waals surface area contributed by atoms with Crippen LogP contribution in [0, 0.1) is 10.1 Å². The molecular weight excluding hydrogens is 190 g/mol. The second-order valence-electron chi connectivity index (χ2n) is 2.42. The van der Waals surface area contributed by atoms with Crippen LogP contribution in [0.2, 0.25) is 0 Å². The number of nitro benzene ring substituents is 1.